The zero-order valence-corrected chi connectivity index (χ0v) is 14.1. The van der Waals surface area contributed by atoms with E-state index in [0.717, 1.165) is 0 Å². The summed E-state index contributed by atoms with van der Waals surface area (Å²) in [6, 6.07) is 35.3. The van der Waals surface area contributed by atoms with Crippen LogP contribution in [0.1, 0.15) is 11.1 Å². The Hall–Kier alpha value is -2.12. The highest BCUT2D eigenvalue weighted by molar-refractivity contribution is 6.89. The quantitative estimate of drug-likeness (QED) is 0.607. The molecule has 0 aliphatic heterocycles. The minimum atomic E-state index is -1.61. The summed E-state index contributed by atoms with van der Waals surface area (Å²) in [6.45, 7) is 2.52. The van der Waals surface area contributed by atoms with E-state index >= 15 is 0 Å². The molecule has 0 atom stereocenters. The molecular formula is C21H22Si. The maximum Gasteiger partial charge on any atom is 0.0922 e. The Bertz CT molecular complexity index is 648. The fourth-order valence-electron chi connectivity index (χ4n) is 3.20. The van der Waals surface area contributed by atoms with Crippen LogP contribution in [0, 0.1) is 0 Å². The van der Waals surface area contributed by atoms with Gasteiger partial charge in [-0.2, -0.15) is 0 Å². The third-order valence-electron chi connectivity index (χ3n) is 4.34. The second-order valence-corrected chi connectivity index (χ2v) is 10.7. The Kier molecular flexibility index (Phi) is 4.55. The lowest BCUT2D eigenvalue weighted by Gasteiger charge is -2.28. The summed E-state index contributed by atoms with van der Waals surface area (Å²) in [5.74, 6) is 0. The Morgan fingerprint density at radius 1 is 0.545 bits per heavy atom. The summed E-state index contributed by atoms with van der Waals surface area (Å²) in [4.78, 5) is 0. The molecule has 0 unspecified atom stereocenters. The van der Waals surface area contributed by atoms with Crippen molar-refractivity contribution in [1.82, 2.24) is 0 Å². The maximum atomic E-state index is 2.52. The van der Waals surface area contributed by atoms with Crippen LogP contribution >= 0.6 is 0 Å². The average Bonchev–Trinajstić information content (AvgIpc) is 2.57. The van der Waals surface area contributed by atoms with Crippen LogP contribution in [0.5, 0.6) is 0 Å². The molecule has 0 aliphatic carbocycles. The molecule has 3 rings (SSSR count). The number of hydrogen-bond donors (Lipinski definition) is 0. The smallest absolute Gasteiger partial charge is 0.0647 e. The minimum Gasteiger partial charge on any atom is -0.0647 e. The minimum absolute atomic E-state index is 1.19. The van der Waals surface area contributed by atoms with Crippen molar-refractivity contribution in [3.05, 3.63) is 102 Å². The lowest BCUT2D eigenvalue weighted by molar-refractivity contribution is 1.22. The van der Waals surface area contributed by atoms with E-state index in [-0.39, 0.29) is 0 Å². The maximum absolute atomic E-state index is 2.52. The van der Waals surface area contributed by atoms with E-state index < -0.39 is 8.07 Å². The van der Waals surface area contributed by atoms with E-state index in [1.807, 2.05) is 0 Å². The third-order valence-corrected chi connectivity index (χ3v) is 8.45. The van der Waals surface area contributed by atoms with Crippen molar-refractivity contribution in [3.8, 4) is 0 Å². The molecule has 3 aromatic rings. The predicted molar refractivity (Wildman–Crippen MR) is 98.0 cm³/mol. The first kappa shape index (κ1) is 14.8. The Labute approximate surface area is 134 Å². The van der Waals surface area contributed by atoms with Gasteiger partial charge in [-0.25, -0.2) is 0 Å². The van der Waals surface area contributed by atoms with E-state index in [4.69, 9.17) is 0 Å². The molecule has 0 heterocycles. The van der Waals surface area contributed by atoms with Crippen LogP contribution in [0.3, 0.4) is 0 Å². The molecule has 0 radical (unpaired) electrons. The van der Waals surface area contributed by atoms with Gasteiger partial charge in [0, 0.05) is 0 Å². The van der Waals surface area contributed by atoms with Gasteiger partial charge in [-0.3, -0.25) is 0 Å². The Balaban J connectivity index is 1.95. The molecule has 0 amide bonds. The largest absolute Gasteiger partial charge is 0.0922 e. The predicted octanol–water partition coefficient (Wildman–Crippen LogP) is 4.54. The molecule has 0 spiro atoms. The van der Waals surface area contributed by atoms with Gasteiger partial charge in [-0.1, -0.05) is 114 Å². The first-order chi connectivity index (χ1) is 10.8. The molecular weight excluding hydrogens is 280 g/mol. The molecule has 0 saturated heterocycles. The van der Waals surface area contributed by atoms with Gasteiger partial charge in [0.1, 0.15) is 0 Å². The first-order valence-corrected chi connectivity index (χ1v) is 10.8. The number of rotatable bonds is 5. The van der Waals surface area contributed by atoms with Crippen molar-refractivity contribution in [2.24, 2.45) is 0 Å². The van der Waals surface area contributed by atoms with Gasteiger partial charge in [-0.15, -0.1) is 0 Å². The summed E-state index contributed by atoms with van der Waals surface area (Å²) < 4.78 is 0. The zero-order valence-electron chi connectivity index (χ0n) is 13.1. The van der Waals surface area contributed by atoms with Crippen molar-refractivity contribution in [1.29, 1.82) is 0 Å². The average molecular weight is 302 g/mol. The SMILES string of the molecule is C[Si](Cc1ccccc1)(Cc1ccccc1)c1ccccc1. The van der Waals surface area contributed by atoms with Crippen molar-refractivity contribution < 1.29 is 0 Å². The van der Waals surface area contributed by atoms with Crippen LogP contribution in [-0.4, -0.2) is 8.07 Å². The molecule has 0 fully saturated rings. The fourth-order valence-corrected chi connectivity index (χ4v) is 7.00. The van der Waals surface area contributed by atoms with Crippen LogP contribution in [0.25, 0.3) is 0 Å². The van der Waals surface area contributed by atoms with Gasteiger partial charge in [0.2, 0.25) is 0 Å². The second kappa shape index (κ2) is 6.76. The monoisotopic (exact) mass is 302 g/mol. The van der Waals surface area contributed by atoms with Gasteiger partial charge in [0.05, 0.1) is 8.07 Å². The van der Waals surface area contributed by atoms with E-state index in [1.54, 1.807) is 5.19 Å². The van der Waals surface area contributed by atoms with Crippen LogP contribution < -0.4 is 5.19 Å². The fraction of sp³-hybridized carbons (Fsp3) is 0.143. The molecule has 0 saturated carbocycles. The summed E-state index contributed by atoms with van der Waals surface area (Å²) >= 11 is 0. The zero-order chi connectivity index (χ0) is 15.3. The van der Waals surface area contributed by atoms with Gasteiger partial charge in [-0.05, 0) is 12.1 Å². The van der Waals surface area contributed by atoms with Crippen molar-refractivity contribution >= 4 is 13.3 Å². The second-order valence-electron chi connectivity index (χ2n) is 6.25. The molecule has 0 nitrogen and oxygen atoms in total. The van der Waals surface area contributed by atoms with Crippen LogP contribution in [0.15, 0.2) is 91.0 Å². The van der Waals surface area contributed by atoms with Crippen molar-refractivity contribution in [2.45, 2.75) is 18.6 Å². The highest BCUT2D eigenvalue weighted by Crippen LogP contribution is 2.18. The summed E-state index contributed by atoms with van der Waals surface area (Å²) in [5, 5.41) is 1.54. The van der Waals surface area contributed by atoms with Gasteiger partial charge in [0.15, 0.2) is 0 Å². The molecule has 3 aromatic carbocycles. The summed E-state index contributed by atoms with van der Waals surface area (Å²) in [6.07, 6.45) is 0. The van der Waals surface area contributed by atoms with Gasteiger partial charge in [0.25, 0.3) is 0 Å². The van der Waals surface area contributed by atoms with E-state index in [1.165, 1.54) is 23.2 Å². The third kappa shape index (κ3) is 3.55. The van der Waals surface area contributed by atoms with E-state index in [0.29, 0.717) is 0 Å². The molecule has 0 bridgehead atoms. The molecule has 22 heavy (non-hydrogen) atoms. The summed E-state index contributed by atoms with van der Waals surface area (Å²) in [7, 11) is -1.61. The number of hydrogen-bond acceptors (Lipinski definition) is 0. The van der Waals surface area contributed by atoms with E-state index in [9.17, 15) is 0 Å². The van der Waals surface area contributed by atoms with Crippen molar-refractivity contribution in [3.63, 3.8) is 0 Å². The standard InChI is InChI=1S/C21H22Si/c1-22(21-15-9-4-10-16-21,17-19-11-5-2-6-12-19)18-20-13-7-3-8-14-20/h2-16H,17-18H2,1H3. The lowest BCUT2D eigenvalue weighted by atomic mass is 10.2. The molecule has 0 N–H and O–H groups in total. The van der Waals surface area contributed by atoms with Gasteiger partial charge >= 0.3 is 0 Å². The molecule has 0 aromatic heterocycles. The molecule has 0 aliphatic rings. The van der Waals surface area contributed by atoms with Crippen LogP contribution in [0.2, 0.25) is 6.55 Å². The van der Waals surface area contributed by atoms with Gasteiger partial charge < -0.3 is 0 Å². The number of benzene rings is 3. The highest BCUT2D eigenvalue weighted by Gasteiger charge is 2.29. The van der Waals surface area contributed by atoms with E-state index in [2.05, 4.69) is 97.5 Å². The normalized spacial score (nSPS) is 11.3. The molecule has 1 heteroatoms. The Morgan fingerprint density at radius 2 is 0.909 bits per heavy atom. The van der Waals surface area contributed by atoms with Crippen molar-refractivity contribution in [2.75, 3.05) is 0 Å². The first-order valence-electron chi connectivity index (χ1n) is 7.90. The van der Waals surface area contributed by atoms with Crippen LogP contribution in [-0.2, 0) is 12.1 Å². The molecule has 110 valence electrons. The topological polar surface area (TPSA) is 0 Å². The lowest BCUT2D eigenvalue weighted by Crippen LogP contribution is -2.49. The van der Waals surface area contributed by atoms with Crippen LogP contribution in [0.4, 0.5) is 0 Å². The Morgan fingerprint density at radius 3 is 1.32 bits per heavy atom. The summed E-state index contributed by atoms with van der Waals surface area (Å²) in [5.41, 5.74) is 2.91. The highest BCUT2D eigenvalue weighted by atomic mass is 28.3.